The Morgan fingerprint density at radius 1 is 1.17 bits per heavy atom. The number of ether oxygens (including phenoxy) is 1. The first-order chi connectivity index (χ1) is 14.2. The van der Waals surface area contributed by atoms with Gasteiger partial charge in [-0.15, -0.1) is 0 Å². The lowest BCUT2D eigenvalue weighted by Gasteiger charge is -2.18. The van der Waals surface area contributed by atoms with E-state index < -0.39 is 0 Å². The zero-order valence-electron chi connectivity index (χ0n) is 17.0. The van der Waals surface area contributed by atoms with E-state index in [1.807, 2.05) is 49.4 Å². The number of amides is 1. The number of nitrogens with one attached hydrogen (secondary N) is 2. The molecule has 1 aliphatic rings. The molecule has 0 radical (unpaired) electrons. The zero-order chi connectivity index (χ0) is 20.1. The van der Waals surface area contributed by atoms with Crippen LogP contribution in [0, 0.1) is 0 Å². The highest BCUT2D eigenvalue weighted by molar-refractivity contribution is 5.95. The number of benzene rings is 2. The third kappa shape index (κ3) is 4.78. The molecule has 1 fully saturated rings. The molecule has 29 heavy (non-hydrogen) atoms. The molecule has 152 valence electrons. The molecule has 2 N–H and O–H groups in total. The molecule has 1 saturated carbocycles. The fraction of sp³-hybridized carbons (Fsp3) is 0.417. The molecule has 3 aromatic rings. The molecular formula is C24H29N3O2. The Kier molecular flexibility index (Phi) is 6.13. The lowest BCUT2D eigenvalue weighted by Crippen LogP contribution is -2.13. The second-order valence-corrected chi connectivity index (χ2v) is 7.79. The van der Waals surface area contributed by atoms with Crippen LogP contribution in [0.2, 0.25) is 0 Å². The Morgan fingerprint density at radius 3 is 2.72 bits per heavy atom. The van der Waals surface area contributed by atoms with Gasteiger partial charge in [0.05, 0.1) is 23.3 Å². The van der Waals surface area contributed by atoms with Crippen molar-refractivity contribution in [2.45, 2.75) is 57.8 Å². The average Bonchev–Trinajstić information content (AvgIpc) is 3.17. The number of H-pyrrole nitrogens is 1. The summed E-state index contributed by atoms with van der Waals surface area (Å²) in [7, 11) is 0. The monoisotopic (exact) mass is 391 g/mol. The van der Waals surface area contributed by atoms with Crippen LogP contribution in [0.4, 0.5) is 5.69 Å². The predicted molar refractivity (Wildman–Crippen MR) is 116 cm³/mol. The first kappa shape index (κ1) is 19.5. The number of carbonyl (C=O) groups is 1. The van der Waals surface area contributed by atoms with Gasteiger partial charge in [0, 0.05) is 18.4 Å². The maximum atomic E-state index is 12.5. The molecule has 1 heterocycles. The number of carbonyl (C=O) groups excluding carboxylic acids is 1. The molecule has 0 bridgehead atoms. The van der Waals surface area contributed by atoms with Crippen LogP contribution in [-0.4, -0.2) is 22.5 Å². The SMILES string of the molecule is CCOc1cc2[nH]c(C3CCCCC3)nc2cc1NC(=O)CCc1ccccc1. The number of hydrogen-bond donors (Lipinski definition) is 2. The summed E-state index contributed by atoms with van der Waals surface area (Å²) in [5.41, 5.74) is 3.70. The molecule has 0 atom stereocenters. The molecule has 2 aromatic carbocycles. The molecule has 4 rings (SSSR count). The van der Waals surface area contributed by atoms with Gasteiger partial charge in [0.1, 0.15) is 11.6 Å². The second kappa shape index (κ2) is 9.12. The van der Waals surface area contributed by atoms with Gasteiger partial charge >= 0.3 is 0 Å². The van der Waals surface area contributed by atoms with Gasteiger partial charge < -0.3 is 15.0 Å². The van der Waals surface area contributed by atoms with E-state index in [9.17, 15) is 4.79 Å². The summed E-state index contributed by atoms with van der Waals surface area (Å²) in [6.45, 7) is 2.49. The van der Waals surface area contributed by atoms with E-state index in [2.05, 4.69) is 10.3 Å². The number of nitrogens with zero attached hydrogens (tertiary/aromatic N) is 1. The van der Waals surface area contributed by atoms with Crippen molar-refractivity contribution < 1.29 is 9.53 Å². The molecule has 1 amide bonds. The van der Waals surface area contributed by atoms with Crippen molar-refractivity contribution in [3.63, 3.8) is 0 Å². The van der Waals surface area contributed by atoms with Gasteiger partial charge in [0.15, 0.2) is 0 Å². The van der Waals surface area contributed by atoms with Crippen LogP contribution >= 0.6 is 0 Å². The van der Waals surface area contributed by atoms with E-state index >= 15 is 0 Å². The number of aromatic amines is 1. The summed E-state index contributed by atoms with van der Waals surface area (Å²) >= 11 is 0. The molecule has 1 aromatic heterocycles. The molecule has 0 unspecified atom stereocenters. The fourth-order valence-corrected chi connectivity index (χ4v) is 4.11. The third-order valence-corrected chi connectivity index (χ3v) is 5.65. The van der Waals surface area contributed by atoms with Gasteiger partial charge in [0.25, 0.3) is 0 Å². The van der Waals surface area contributed by atoms with Gasteiger partial charge in [-0.3, -0.25) is 4.79 Å². The Morgan fingerprint density at radius 2 is 1.97 bits per heavy atom. The van der Waals surface area contributed by atoms with Crippen LogP contribution in [0.5, 0.6) is 5.75 Å². The number of imidazole rings is 1. The van der Waals surface area contributed by atoms with Gasteiger partial charge in [-0.25, -0.2) is 4.98 Å². The smallest absolute Gasteiger partial charge is 0.224 e. The second-order valence-electron chi connectivity index (χ2n) is 7.79. The fourth-order valence-electron chi connectivity index (χ4n) is 4.11. The third-order valence-electron chi connectivity index (χ3n) is 5.65. The van der Waals surface area contributed by atoms with E-state index in [1.54, 1.807) is 0 Å². The molecular weight excluding hydrogens is 362 g/mol. The van der Waals surface area contributed by atoms with Crippen molar-refractivity contribution >= 4 is 22.6 Å². The summed E-state index contributed by atoms with van der Waals surface area (Å²) < 4.78 is 5.80. The average molecular weight is 392 g/mol. The van der Waals surface area contributed by atoms with E-state index in [4.69, 9.17) is 9.72 Å². The number of aromatic nitrogens is 2. The van der Waals surface area contributed by atoms with Crippen LogP contribution < -0.4 is 10.1 Å². The molecule has 0 saturated heterocycles. The Balaban J connectivity index is 1.51. The number of anilines is 1. The van der Waals surface area contributed by atoms with Gasteiger partial charge in [-0.05, 0) is 37.8 Å². The molecule has 1 aliphatic carbocycles. The van der Waals surface area contributed by atoms with Crippen molar-refractivity contribution in [3.05, 3.63) is 53.9 Å². The highest BCUT2D eigenvalue weighted by atomic mass is 16.5. The Hall–Kier alpha value is -2.82. The molecule has 5 heteroatoms. The lowest BCUT2D eigenvalue weighted by atomic mass is 9.89. The van der Waals surface area contributed by atoms with Crippen molar-refractivity contribution in [2.24, 2.45) is 0 Å². The van der Waals surface area contributed by atoms with Gasteiger partial charge in [-0.1, -0.05) is 49.6 Å². The van der Waals surface area contributed by atoms with Crippen LogP contribution in [0.25, 0.3) is 11.0 Å². The Bertz CT molecular complexity index is 959. The topological polar surface area (TPSA) is 67.0 Å². The van der Waals surface area contributed by atoms with Gasteiger partial charge in [0.2, 0.25) is 5.91 Å². The highest BCUT2D eigenvalue weighted by Crippen LogP contribution is 2.35. The summed E-state index contributed by atoms with van der Waals surface area (Å²) in [5, 5.41) is 3.03. The van der Waals surface area contributed by atoms with Crippen LogP contribution in [-0.2, 0) is 11.2 Å². The van der Waals surface area contributed by atoms with Crippen LogP contribution in [0.3, 0.4) is 0 Å². The molecule has 5 nitrogen and oxygen atoms in total. The maximum absolute atomic E-state index is 12.5. The van der Waals surface area contributed by atoms with Crippen LogP contribution in [0.15, 0.2) is 42.5 Å². The summed E-state index contributed by atoms with van der Waals surface area (Å²) in [4.78, 5) is 20.9. The highest BCUT2D eigenvalue weighted by Gasteiger charge is 2.20. The number of fused-ring (bicyclic) bond motifs is 1. The lowest BCUT2D eigenvalue weighted by molar-refractivity contribution is -0.116. The first-order valence-corrected chi connectivity index (χ1v) is 10.7. The predicted octanol–water partition coefficient (Wildman–Crippen LogP) is 5.58. The van der Waals surface area contributed by atoms with E-state index in [0.29, 0.717) is 36.8 Å². The van der Waals surface area contributed by atoms with Crippen LogP contribution in [0.1, 0.15) is 62.8 Å². The zero-order valence-corrected chi connectivity index (χ0v) is 17.0. The minimum Gasteiger partial charge on any atom is -0.492 e. The number of hydrogen-bond acceptors (Lipinski definition) is 3. The molecule has 0 aliphatic heterocycles. The largest absolute Gasteiger partial charge is 0.492 e. The van der Waals surface area contributed by atoms with E-state index in [0.717, 1.165) is 22.4 Å². The minimum absolute atomic E-state index is 0.0165. The van der Waals surface area contributed by atoms with Crippen molar-refractivity contribution in [1.82, 2.24) is 9.97 Å². The normalized spacial score (nSPS) is 14.8. The Labute approximate surface area is 171 Å². The standard InChI is InChI=1S/C24H29N3O2/c1-2-29-22-16-20-19(26-24(27-20)18-11-7-4-8-12-18)15-21(22)25-23(28)14-13-17-9-5-3-6-10-17/h3,5-6,9-10,15-16,18H,2,4,7-8,11-14H2,1H3,(H,25,28)(H,26,27). The maximum Gasteiger partial charge on any atom is 0.224 e. The number of rotatable bonds is 7. The van der Waals surface area contributed by atoms with Crippen molar-refractivity contribution in [3.8, 4) is 5.75 Å². The summed E-state index contributed by atoms with van der Waals surface area (Å²) in [6, 6.07) is 14.0. The quantitative estimate of drug-likeness (QED) is 0.552. The number of aryl methyl sites for hydroxylation is 1. The minimum atomic E-state index is -0.0165. The van der Waals surface area contributed by atoms with Crippen molar-refractivity contribution in [1.29, 1.82) is 0 Å². The van der Waals surface area contributed by atoms with Crippen molar-refractivity contribution in [2.75, 3.05) is 11.9 Å². The first-order valence-electron chi connectivity index (χ1n) is 10.7. The summed E-state index contributed by atoms with van der Waals surface area (Å²) in [5.74, 6) is 2.24. The van der Waals surface area contributed by atoms with E-state index in [-0.39, 0.29) is 5.91 Å². The summed E-state index contributed by atoms with van der Waals surface area (Å²) in [6.07, 6.45) is 7.41. The van der Waals surface area contributed by atoms with Gasteiger partial charge in [-0.2, -0.15) is 0 Å². The van der Waals surface area contributed by atoms with E-state index in [1.165, 1.54) is 32.1 Å². The molecule has 0 spiro atoms.